The molecule has 1 heterocycles. The highest BCUT2D eigenvalue weighted by molar-refractivity contribution is 5.67. The number of ether oxygens (including phenoxy) is 3. The lowest BCUT2D eigenvalue weighted by Gasteiger charge is -2.21. The third kappa shape index (κ3) is 4.80. The van der Waals surface area contributed by atoms with Crippen LogP contribution in [0.1, 0.15) is 34.6 Å². The van der Waals surface area contributed by atoms with Crippen LogP contribution in [0.4, 0.5) is 4.79 Å². The monoisotopic (exact) mass is 260 g/mol. The minimum atomic E-state index is -0.662. The van der Waals surface area contributed by atoms with Crippen LogP contribution in [-0.4, -0.2) is 42.8 Å². The van der Waals surface area contributed by atoms with Gasteiger partial charge in [0, 0.05) is 13.1 Å². The first-order chi connectivity index (χ1) is 8.13. The van der Waals surface area contributed by atoms with Crippen LogP contribution in [0.3, 0.4) is 0 Å². The Balaban J connectivity index is 2.41. The number of rotatable bonds is 3. The lowest BCUT2D eigenvalue weighted by molar-refractivity contribution is -0.145. The molecule has 106 valence electrons. The van der Waals surface area contributed by atoms with Crippen molar-refractivity contribution in [2.45, 2.75) is 58.2 Å². The summed E-state index contributed by atoms with van der Waals surface area (Å²) in [5.74, 6) is -0.662. The van der Waals surface area contributed by atoms with Gasteiger partial charge < -0.3 is 25.3 Å². The van der Waals surface area contributed by atoms with Gasteiger partial charge in [-0.3, -0.25) is 0 Å². The van der Waals surface area contributed by atoms with Crippen LogP contribution in [0.15, 0.2) is 0 Å². The summed E-state index contributed by atoms with van der Waals surface area (Å²) in [6.07, 6.45) is -0.931. The first-order valence-corrected chi connectivity index (χ1v) is 6.15. The van der Waals surface area contributed by atoms with Gasteiger partial charge in [-0.05, 0) is 34.6 Å². The Morgan fingerprint density at radius 1 is 1.33 bits per heavy atom. The summed E-state index contributed by atoms with van der Waals surface area (Å²) in [5, 5.41) is 2.66. The third-order valence-corrected chi connectivity index (χ3v) is 2.36. The van der Waals surface area contributed by atoms with Gasteiger partial charge in [0.15, 0.2) is 5.79 Å². The highest BCUT2D eigenvalue weighted by atomic mass is 16.8. The number of alkyl carbamates (subject to hydrolysis) is 1. The zero-order chi connectivity index (χ0) is 14.0. The maximum Gasteiger partial charge on any atom is 0.407 e. The molecule has 18 heavy (non-hydrogen) atoms. The van der Waals surface area contributed by atoms with E-state index in [1.807, 2.05) is 34.6 Å². The number of hydrogen-bond donors (Lipinski definition) is 2. The van der Waals surface area contributed by atoms with Gasteiger partial charge >= 0.3 is 6.09 Å². The van der Waals surface area contributed by atoms with Crippen molar-refractivity contribution >= 4 is 6.09 Å². The van der Waals surface area contributed by atoms with Gasteiger partial charge in [0.1, 0.15) is 17.8 Å². The zero-order valence-corrected chi connectivity index (χ0v) is 11.8. The molecular weight excluding hydrogens is 236 g/mol. The minimum absolute atomic E-state index is 0.213. The van der Waals surface area contributed by atoms with Crippen molar-refractivity contribution in [3.8, 4) is 0 Å². The summed E-state index contributed by atoms with van der Waals surface area (Å²) in [6.45, 7) is 9.76. The Bertz CT molecular complexity index is 299. The normalized spacial score (nSPS) is 27.0. The number of nitrogens with two attached hydrogens (primary N) is 1. The molecule has 1 saturated heterocycles. The summed E-state index contributed by atoms with van der Waals surface area (Å²) >= 11 is 0. The molecule has 3 N–H and O–H groups in total. The first kappa shape index (κ1) is 15.2. The Kier molecular flexibility index (Phi) is 4.58. The van der Waals surface area contributed by atoms with E-state index in [0.29, 0.717) is 13.1 Å². The quantitative estimate of drug-likeness (QED) is 0.790. The number of carbonyl (C=O) groups is 1. The highest BCUT2D eigenvalue weighted by Crippen LogP contribution is 2.27. The molecule has 0 radical (unpaired) electrons. The van der Waals surface area contributed by atoms with Crippen LogP contribution in [0.25, 0.3) is 0 Å². The second-order valence-corrected chi connectivity index (χ2v) is 5.83. The summed E-state index contributed by atoms with van der Waals surface area (Å²) in [7, 11) is 0. The molecule has 6 nitrogen and oxygen atoms in total. The van der Waals surface area contributed by atoms with E-state index in [4.69, 9.17) is 19.9 Å². The second kappa shape index (κ2) is 5.42. The fourth-order valence-corrected chi connectivity index (χ4v) is 1.78. The van der Waals surface area contributed by atoms with Crippen molar-refractivity contribution in [1.29, 1.82) is 0 Å². The zero-order valence-electron chi connectivity index (χ0n) is 11.8. The molecule has 0 unspecified atom stereocenters. The van der Waals surface area contributed by atoms with Crippen LogP contribution in [0, 0.1) is 0 Å². The Hall–Kier alpha value is -0.850. The van der Waals surface area contributed by atoms with Crippen molar-refractivity contribution in [2.24, 2.45) is 5.73 Å². The topological polar surface area (TPSA) is 82.8 Å². The number of nitrogens with one attached hydrogen (secondary N) is 1. The summed E-state index contributed by atoms with van der Waals surface area (Å²) in [6, 6.07) is 0. The molecule has 2 atom stereocenters. The average Bonchev–Trinajstić information content (AvgIpc) is 2.47. The van der Waals surface area contributed by atoms with Crippen molar-refractivity contribution in [1.82, 2.24) is 5.32 Å². The average molecular weight is 260 g/mol. The van der Waals surface area contributed by atoms with E-state index < -0.39 is 17.5 Å². The van der Waals surface area contributed by atoms with Crippen molar-refractivity contribution in [2.75, 3.05) is 13.1 Å². The van der Waals surface area contributed by atoms with E-state index in [-0.39, 0.29) is 12.2 Å². The Morgan fingerprint density at radius 2 is 1.89 bits per heavy atom. The standard InChI is InChI=1S/C12H24N2O4/c1-11(2,3)18-10(15)14-7-9-8(6-13)16-12(4,5)17-9/h8-9H,6-7,13H2,1-5H3,(H,14,15)/t8-,9-/m1/s1. The van der Waals surface area contributed by atoms with Crippen LogP contribution >= 0.6 is 0 Å². The van der Waals surface area contributed by atoms with E-state index in [2.05, 4.69) is 5.32 Å². The van der Waals surface area contributed by atoms with Crippen LogP contribution < -0.4 is 11.1 Å². The lowest BCUT2D eigenvalue weighted by Crippen LogP contribution is -2.42. The largest absolute Gasteiger partial charge is 0.444 e. The van der Waals surface area contributed by atoms with E-state index in [0.717, 1.165) is 0 Å². The second-order valence-electron chi connectivity index (χ2n) is 5.83. The molecule has 1 fully saturated rings. The smallest absolute Gasteiger partial charge is 0.407 e. The molecule has 1 aliphatic heterocycles. The predicted molar refractivity (Wildman–Crippen MR) is 67.1 cm³/mol. The molecule has 0 aromatic heterocycles. The molecule has 0 aliphatic carbocycles. The van der Waals surface area contributed by atoms with E-state index >= 15 is 0 Å². The van der Waals surface area contributed by atoms with E-state index in [9.17, 15) is 4.79 Å². The number of hydrogen-bond acceptors (Lipinski definition) is 5. The molecule has 6 heteroatoms. The van der Waals surface area contributed by atoms with Gasteiger partial charge in [-0.25, -0.2) is 4.79 Å². The molecule has 0 aromatic rings. The van der Waals surface area contributed by atoms with E-state index in [1.54, 1.807) is 0 Å². The molecule has 1 rings (SSSR count). The number of amides is 1. The Labute approximate surface area is 108 Å². The molecular formula is C12H24N2O4. The molecule has 0 bridgehead atoms. The van der Waals surface area contributed by atoms with Crippen molar-refractivity contribution in [3.63, 3.8) is 0 Å². The lowest BCUT2D eigenvalue weighted by atomic mass is 10.2. The minimum Gasteiger partial charge on any atom is -0.444 e. The summed E-state index contributed by atoms with van der Waals surface area (Å²) in [5.41, 5.74) is 5.09. The maximum absolute atomic E-state index is 11.5. The van der Waals surface area contributed by atoms with Gasteiger partial charge in [0.2, 0.25) is 0 Å². The molecule has 1 aliphatic rings. The fraction of sp³-hybridized carbons (Fsp3) is 0.917. The third-order valence-electron chi connectivity index (χ3n) is 2.36. The Morgan fingerprint density at radius 3 is 2.39 bits per heavy atom. The SMILES string of the molecule is CC(C)(C)OC(=O)NC[C@H]1OC(C)(C)O[C@@H]1CN. The van der Waals surface area contributed by atoms with Gasteiger partial charge in [0.25, 0.3) is 0 Å². The molecule has 1 amide bonds. The summed E-state index contributed by atoms with van der Waals surface area (Å²) in [4.78, 5) is 11.5. The van der Waals surface area contributed by atoms with Crippen LogP contribution in [0.2, 0.25) is 0 Å². The predicted octanol–water partition coefficient (Wildman–Crippen LogP) is 0.990. The molecule has 0 saturated carbocycles. The van der Waals surface area contributed by atoms with E-state index in [1.165, 1.54) is 0 Å². The van der Waals surface area contributed by atoms with Gasteiger partial charge in [-0.15, -0.1) is 0 Å². The van der Waals surface area contributed by atoms with Gasteiger partial charge in [0.05, 0.1) is 0 Å². The van der Waals surface area contributed by atoms with Gasteiger partial charge in [-0.2, -0.15) is 0 Å². The summed E-state index contributed by atoms with van der Waals surface area (Å²) < 4.78 is 16.4. The first-order valence-electron chi connectivity index (χ1n) is 6.15. The highest BCUT2D eigenvalue weighted by Gasteiger charge is 2.40. The number of carbonyl (C=O) groups excluding carboxylic acids is 1. The van der Waals surface area contributed by atoms with Gasteiger partial charge in [-0.1, -0.05) is 0 Å². The van der Waals surface area contributed by atoms with Crippen LogP contribution in [-0.2, 0) is 14.2 Å². The van der Waals surface area contributed by atoms with Crippen molar-refractivity contribution < 1.29 is 19.0 Å². The van der Waals surface area contributed by atoms with Crippen LogP contribution in [0.5, 0.6) is 0 Å². The maximum atomic E-state index is 11.5. The van der Waals surface area contributed by atoms with Crippen molar-refractivity contribution in [3.05, 3.63) is 0 Å². The fourth-order valence-electron chi connectivity index (χ4n) is 1.78. The molecule has 0 aromatic carbocycles. The molecule has 0 spiro atoms.